The molecule has 0 aliphatic heterocycles. The molecule has 3 aromatic rings. The average Bonchev–Trinajstić information content (AvgIpc) is 2.73. The number of rotatable bonds is 8. The second-order valence-electron chi connectivity index (χ2n) is 6.27. The van der Waals surface area contributed by atoms with Gasteiger partial charge >= 0.3 is 0 Å². The maximum absolute atomic E-state index is 12.0. The molecule has 7 nitrogen and oxygen atoms in total. The smallest absolute Gasteiger partial charge is 0.269 e. The van der Waals surface area contributed by atoms with Gasteiger partial charge in [-0.1, -0.05) is 29.3 Å². The fourth-order valence-electron chi connectivity index (χ4n) is 2.55. The second-order valence-corrected chi connectivity index (χ2v) is 7.11. The number of carbonyl (C=O) groups excluding carboxylic acids is 1. The monoisotopic (exact) mass is 445 g/mol. The van der Waals surface area contributed by atoms with E-state index in [-0.39, 0.29) is 18.2 Å². The average molecular weight is 446 g/mol. The molecule has 0 aliphatic carbocycles. The minimum atomic E-state index is -0.446. The summed E-state index contributed by atoms with van der Waals surface area (Å²) >= 11 is 12.1. The number of hydrogen-bond donors (Lipinski definition) is 2. The van der Waals surface area contributed by atoms with Crippen molar-refractivity contribution in [2.24, 2.45) is 0 Å². The van der Waals surface area contributed by atoms with Crippen molar-refractivity contribution in [1.82, 2.24) is 0 Å². The zero-order valence-corrected chi connectivity index (χ0v) is 17.1. The Morgan fingerprint density at radius 1 is 0.967 bits per heavy atom. The van der Waals surface area contributed by atoms with Gasteiger partial charge in [-0.3, -0.25) is 14.9 Å². The molecule has 0 unspecified atom stereocenters. The van der Waals surface area contributed by atoms with Crippen LogP contribution in [0.4, 0.5) is 17.1 Å². The largest absolute Gasteiger partial charge is 0.482 e. The van der Waals surface area contributed by atoms with Crippen LogP contribution >= 0.6 is 23.2 Å². The van der Waals surface area contributed by atoms with Crippen molar-refractivity contribution < 1.29 is 14.5 Å². The van der Waals surface area contributed by atoms with Crippen LogP contribution in [0.15, 0.2) is 66.7 Å². The standard InChI is InChI=1S/C21H17Cl2N3O4/c22-15-2-4-17(5-3-15)25-21(27)13-30-20-10-1-14(11-19(20)23)12-24-16-6-8-18(9-7-16)26(28)29/h1-11,24H,12-13H2,(H,25,27). The van der Waals surface area contributed by atoms with E-state index < -0.39 is 4.92 Å². The third-order valence-corrected chi connectivity index (χ3v) is 4.61. The van der Waals surface area contributed by atoms with Crippen LogP contribution in [-0.2, 0) is 11.3 Å². The molecule has 0 aromatic heterocycles. The highest BCUT2D eigenvalue weighted by molar-refractivity contribution is 6.32. The van der Waals surface area contributed by atoms with Crippen molar-refractivity contribution in [3.05, 3.63) is 92.5 Å². The molecule has 30 heavy (non-hydrogen) atoms. The molecule has 3 rings (SSSR count). The number of nitrogens with zero attached hydrogens (tertiary/aromatic N) is 1. The lowest BCUT2D eigenvalue weighted by Gasteiger charge is -2.11. The van der Waals surface area contributed by atoms with Crippen molar-refractivity contribution in [1.29, 1.82) is 0 Å². The lowest BCUT2D eigenvalue weighted by Crippen LogP contribution is -2.20. The zero-order valence-electron chi connectivity index (χ0n) is 15.6. The Labute approximate surface area is 182 Å². The molecule has 0 heterocycles. The number of hydrogen-bond acceptors (Lipinski definition) is 5. The molecular formula is C21H17Cl2N3O4. The van der Waals surface area contributed by atoms with Crippen LogP contribution in [-0.4, -0.2) is 17.4 Å². The van der Waals surface area contributed by atoms with Crippen molar-refractivity contribution in [2.75, 3.05) is 17.2 Å². The van der Waals surface area contributed by atoms with Gasteiger partial charge in [0.15, 0.2) is 6.61 Å². The summed E-state index contributed by atoms with van der Waals surface area (Å²) < 4.78 is 5.49. The molecule has 0 fully saturated rings. The molecule has 3 aromatic carbocycles. The Morgan fingerprint density at radius 2 is 1.63 bits per heavy atom. The van der Waals surface area contributed by atoms with E-state index in [1.165, 1.54) is 12.1 Å². The first-order valence-electron chi connectivity index (χ1n) is 8.86. The number of nitro groups is 1. The van der Waals surface area contributed by atoms with Gasteiger partial charge < -0.3 is 15.4 Å². The van der Waals surface area contributed by atoms with Gasteiger partial charge in [-0.15, -0.1) is 0 Å². The normalized spacial score (nSPS) is 10.3. The lowest BCUT2D eigenvalue weighted by atomic mass is 10.2. The predicted molar refractivity (Wildman–Crippen MR) is 117 cm³/mol. The summed E-state index contributed by atoms with van der Waals surface area (Å²) in [6.07, 6.45) is 0. The van der Waals surface area contributed by atoms with E-state index in [4.69, 9.17) is 27.9 Å². The van der Waals surface area contributed by atoms with Gasteiger partial charge in [0, 0.05) is 35.1 Å². The van der Waals surface area contributed by atoms with Crippen LogP contribution in [0.2, 0.25) is 10.0 Å². The highest BCUT2D eigenvalue weighted by atomic mass is 35.5. The quantitative estimate of drug-likeness (QED) is 0.351. The number of halogens is 2. The Balaban J connectivity index is 1.51. The van der Waals surface area contributed by atoms with Crippen LogP contribution in [0.1, 0.15) is 5.56 Å². The van der Waals surface area contributed by atoms with E-state index >= 15 is 0 Å². The van der Waals surface area contributed by atoms with Crippen LogP contribution in [0.3, 0.4) is 0 Å². The van der Waals surface area contributed by atoms with Crippen LogP contribution < -0.4 is 15.4 Å². The number of anilines is 2. The zero-order chi connectivity index (χ0) is 21.5. The Bertz CT molecular complexity index is 1040. The predicted octanol–water partition coefficient (Wildman–Crippen LogP) is 5.53. The molecule has 0 saturated heterocycles. The van der Waals surface area contributed by atoms with Crippen molar-refractivity contribution in [3.63, 3.8) is 0 Å². The Hall–Kier alpha value is -3.29. The SMILES string of the molecule is O=C(COc1ccc(CNc2ccc([N+](=O)[O-])cc2)cc1Cl)Nc1ccc(Cl)cc1. The molecule has 0 radical (unpaired) electrons. The minimum absolute atomic E-state index is 0.0326. The molecule has 0 bridgehead atoms. The number of amides is 1. The van der Waals surface area contributed by atoms with E-state index in [9.17, 15) is 14.9 Å². The van der Waals surface area contributed by atoms with Crippen molar-refractivity contribution >= 4 is 46.2 Å². The van der Waals surface area contributed by atoms with E-state index in [0.717, 1.165) is 11.3 Å². The fourth-order valence-corrected chi connectivity index (χ4v) is 2.93. The van der Waals surface area contributed by atoms with Crippen molar-refractivity contribution in [3.8, 4) is 5.75 Å². The van der Waals surface area contributed by atoms with E-state index in [1.54, 1.807) is 48.5 Å². The van der Waals surface area contributed by atoms with E-state index in [2.05, 4.69) is 10.6 Å². The van der Waals surface area contributed by atoms with Gasteiger partial charge in [0.1, 0.15) is 5.75 Å². The molecule has 154 valence electrons. The summed E-state index contributed by atoms with van der Waals surface area (Å²) in [6, 6.07) is 18.1. The summed E-state index contributed by atoms with van der Waals surface area (Å²) in [5, 5.41) is 17.5. The first kappa shape index (κ1) is 21.4. The number of nitro benzene ring substituents is 1. The van der Waals surface area contributed by atoms with Gasteiger partial charge in [-0.05, 0) is 54.1 Å². The summed E-state index contributed by atoms with van der Waals surface area (Å²) in [4.78, 5) is 22.3. The number of benzene rings is 3. The number of nitrogens with one attached hydrogen (secondary N) is 2. The second kappa shape index (κ2) is 9.96. The summed E-state index contributed by atoms with van der Waals surface area (Å²) in [5.74, 6) is 0.0688. The molecule has 0 atom stereocenters. The van der Waals surface area contributed by atoms with E-state index in [0.29, 0.717) is 28.0 Å². The minimum Gasteiger partial charge on any atom is -0.482 e. The van der Waals surface area contributed by atoms with Crippen molar-refractivity contribution in [2.45, 2.75) is 6.54 Å². The van der Waals surface area contributed by atoms with Gasteiger partial charge in [0.05, 0.1) is 9.95 Å². The summed E-state index contributed by atoms with van der Waals surface area (Å²) in [6.45, 7) is 0.275. The first-order chi connectivity index (χ1) is 14.4. The molecular weight excluding hydrogens is 429 g/mol. The number of ether oxygens (including phenoxy) is 1. The first-order valence-corrected chi connectivity index (χ1v) is 9.61. The van der Waals surface area contributed by atoms with Gasteiger partial charge in [-0.25, -0.2) is 0 Å². The van der Waals surface area contributed by atoms with Crippen LogP contribution in [0, 0.1) is 10.1 Å². The number of non-ortho nitro benzene ring substituents is 1. The lowest BCUT2D eigenvalue weighted by molar-refractivity contribution is -0.384. The topological polar surface area (TPSA) is 93.5 Å². The Morgan fingerprint density at radius 3 is 2.27 bits per heavy atom. The highest BCUT2D eigenvalue weighted by Crippen LogP contribution is 2.26. The third kappa shape index (κ3) is 6.10. The van der Waals surface area contributed by atoms with Gasteiger partial charge in [0.25, 0.3) is 11.6 Å². The molecule has 0 spiro atoms. The van der Waals surface area contributed by atoms with Crippen LogP contribution in [0.25, 0.3) is 0 Å². The van der Waals surface area contributed by atoms with Crippen LogP contribution in [0.5, 0.6) is 5.75 Å². The number of carbonyl (C=O) groups is 1. The fraction of sp³-hybridized carbons (Fsp3) is 0.0952. The summed E-state index contributed by atoms with van der Waals surface area (Å²) in [7, 11) is 0. The van der Waals surface area contributed by atoms with E-state index in [1.807, 2.05) is 6.07 Å². The Kier molecular flexibility index (Phi) is 7.11. The molecule has 0 aliphatic rings. The van der Waals surface area contributed by atoms with Gasteiger partial charge in [-0.2, -0.15) is 0 Å². The third-order valence-electron chi connectivity index (χ3n) is 4.06. The maximum Gasteiger partial charge on any atom is 0.269 e. The molecule has 0 saturated carbocycles. The molecule has 9 heteroatoms. The summed E-state index contributed by atoms with van der Waals surface area (Å²) in [5.41, 5.74) is 2.28. The highest BCUT2D eigenvalue weighted by Gasteiger charge is 2.08. The molecule has 2 N–H and O–H groups in total. The molecule has 1 amide bonds. The van der Waals surface area contributed by atoms with Gasteiger partial charge in [0.2, 0.25) is 0 Å². The maximum atomic E-state index is 12.0.